The van der Waals surface area contributed by atoms with Gasteiger partial charge >= 0.3 is 0 Å². The minimum atomic E-state index is -4.12. The van der Waals surface area contributed by atoms with E-state index in [4.69, 9.17) is 0 Å². The first-order chi connectivity index (χ1) is 13.2. The minimum Gasteiger partial charge on any atom is -0.280 e. The highest BCUT2D eigenvalue weighted by Crippen LogP contribution is 2.24. The lowest BCUT2D eigenvalue weighted by atomic mass is 10.2. The van der Waals surface area contributed by atoms with E-state index < -0.39 is 30.8 Å². The lowest BCUT2D eigenvalue weighted by Gasteiger charge is -2.20. The van der Waals surface area contributed by atoms with Crippen molar-refractivity contribution >= 4 is 25.7 Å². The molecule has 0 aliphatic carbocycles. The van der Waals surface area contributed by atoms with E-state index in [1.54, 1.807) is 6.92 Å². The van der Waals surface area contributed by atoms with E-state index in [0.717, 1.165) is 31.7 Å². The molecule has 0 amide bonds. The minimum absolute atomic E-state index is 0.110. The van der Waals surface area contributed by atoms with Crippen LogP contribution in [0.5, 0.6) is 0 Å². The van der Waals surface area contributed by atoms with Gasteiger partial charge < -0.3 is 0 Å². The Hall–Kier alpha value is -1.97. The maximum Gasteiger partial charge on any atom is 0.264 e. The lowest BCUT2D eigenvalue weighted by molar-refractivity contribution is 0.424. The quantitative estimate of drug-likeness (QED) is 0.793. The molecule has 1 aliphatic rings. The van der Waals surface area contributed by atoms with Gasteiger partial charge in [0.1, 0.15) is 10.7 Å². The largest absolute Gasteiger partial charge is 0.280 e. The molecule has 0 aromatic heterocycles. The summed E-state index contributed by atoms with van der Waals surface area (Å²) < 4.78 is 68.2. The molecule has 0 radical (unpaired) electrons. The van der Waals surface area contributed by atoms with E-state index in [0.29, 0.717) is 18.7 Å². The average molecular weight is 427 g/mol. The number of nitrogens with one attached hydrogen (secondary N) is 1. The van der Waals surface area contributed by atoms with Crippen molar-refractivity contribution < 1.29 is 21.2 Å². The number of aryl methyl sites for hydroxylation is 1. The molecule has 0 saturated carbocycles. The van der Waals surface area contributed by atoms with Crippen LogP contribution in [0.1, 0.15) is 31.2 Å². The van der Waals surface area contributed by atoms with Crippen LogP contribution in [0.3, 0.4) is 0 Å². The first-order valence-corrected chi connectivity index (χ1v) is 12.0. The fraction of sp³-hybridized carbons (Fsp3) is 0.368. The van der Waals surface area contributed by atoms with Crippen LogP contribution in [-0.4, -0.2) is 34.2 Å². The summed E-state index contributed by atoms with van der Waals surface area (Å²) >= 11 is 0. The van der Waals surface area contributed by atoms with Crippen LogP contribution in [0.2, 0.25) is 0 Å². The van der Waals surface area contributed by atoms with Crippen molar-refractivity contribution in [3.63, 3.8) is 0 Å². The van der Waals surface area contributed by atoms with Gasteiger partial charge in [-0.2, -0.15) is 4.31 Å². The average Bonchev–Trinajstić information content (AvgIpc) is 2.94. The van der Waals surface area contributed by atoms with Crippen LogP contribution in [0, 0.1) is 12.7 Å². The first kappa shape index (κ1) is 20.8. The third-order valence-electron chi connectivity index (χ3n) is 4.69. The van der Waals surface area contributed by atoms with Crippen LogP contribution < -0.4 is 4.72 Å². The molecule has 1 aliphatic heterocycles. The topological polar surface area (TPSA) is 83.5 Å². The predicted molar refractivity (Wildman–Crippen MR) is 106 cm³/mol. The predicted octanol–water partition coefficient (Wildman–Crippen LogP) is 3.50. The number of benzene rings is 2. The maximum atomic E-state index is 13.9. The Kier molecular flexibility index (Phi) is 6.07. The Morgan fingerprint density at radius 2 is 1.50 bits per heavy atom. The number of anilines is 1. The number of halogens is 1. The van der Waals surface area contributed by atoms with Gasteiger partial charge in [0.25, 0.3) is 10.0 Å². The van der Waals surface area contributed by atoms with Gasteiger partial charge in [0.15, 0.2) is 0 Å². The Bertz CT molecular complexity index is 1040. The van der Waals surface area contributed by atoms with E-state index in [1.165, 1.54) is 40.7 Å². The molecule has 0 spiro atoms. The summed E-state index contributed by atoms with van der Waals surface area (Å²) in [7, 11) is -7.74. The highest BCUT2D eigenvalue weighted by molar-refractivity contribution is 7.92. The Labute approximate surface area is 165 Å². The summed E-state index contributed by atoms with van der Waals surface area (Å²) in [4.78, 5) is -0.340. The molecule has 0 unspecified atom stereocenters. The van der Waals surface area contributed by atoms with Crippen molar-refractivity contribution in [1.29, 1.82) is 0 Å². The third kappa shape index (κ3) is 4.53. The zero-order valence-electron chi connectivity index (χ0n) is 15.6. The highest BCUT2D eigenvalue weighted by atomic mass is 32.2. The number of sulfonamides is 2. The third-order valence-corrected chi connectivity index (χ3v) is 7.99. The Morgan fingerprint density at radius 3 is 2.11 bits per heavy atom. The molecule has 1 N–H and O–H groups in total. The number of rotatable bonds is 5. The fourth-order valence-electron chi connectivity index (χ4n) is 3.15. The van der Waals surface area contributed by atoms with Crippen LogP contribution in [0.4, 0.5) is 10.1 Å². The molecule has 2 aromatic carbocycles. The fourth-order valence-corrected chi connectivity index (χ4v) is 5.89. The zero-order chi connectivity index (χ0) is 20.4. The van der Waals surface area contributed by atoms with Crippen LogP contribution in [0.15, 0.2) is 52.3 Å². The number of hydrogen-bond donors (Lipinski definition) is 1. The molecule has 9 heteroatoms. The van der Waals surface area contributed by atoms with Crippen molar-refractivity contribution in [3.05, 3.63) is 53.8 Å². The van der Waals surface area contributed by atoms with Gasteiger partial charge in [-0.05, 0) is 61.7 Å². The van der Waals surface area contributed by atoms with Gasteiger partial charge in [0.05, 0.1) is 4.90 Å². The van der Waals surface area contributed by atoms with Gasteiger partial charge in [-0.15, -0.1) is 0 Å². The Balaban J connectivity index is 1.81. The maximum absolute atomic E-state index is 13.9. The van der Waals surface area contributed by atoms with Crippen molar-refractivity contribution in [3.8, 4) is 0 Å². The van der Waals surface area contributed by atoms with Gasteiger partial charge in [0.2, 0.25) is 10.0 Å². The molecular weight excluding hydrogens is 403 g/mol. The number of hydrogen-bond acceptors (Lipinski definition) is 4. The summed E-state index contributed by atoms with van der Waals surface area (Å²) in [6.45, 7) is 2.65. The molecule has 28 heavy (non-hydrogen) atoms. The number of nitrogens with zero attached hydrogens (tertiary/aromatic N) is 1. The van der Waals surface area contributed by atoms with Gasteiger partial charge in [-0.3, -0.25) is 4.72 Å². The molecule has 2 aromatic rings. The van der Waals surface area contributed by atoms with E-state index in [-0.39, 0.29) is 10.6 Å². The normalized spacial score (nSPS) is 16.5. The molecule has 152 valence electrons. The standard InChI is InChI=1S/C19H23FN2O4S2/c1-15-6-11-18(20)19(14-15)27(23,24)21-16-7-9-17(10-8-16)28(25,26)22-12-4-2-3-5-13-22/h6-11,14,21H,2-5,12-13H2,1H3. The smallest absolute Gasteiger partial charge is 0.264 e. The monoisotopic (exact) mass is 426 g/mol. The summed E-state index contributed by atoms with van der Waals surface area (Å²) in [6.07, 6.45) is 3.70. The molecule has 6 nitrogen and oxygen atoms in total. The molecule has 0 bridgehead atoms. The van der Waals surface area contributed by atoms with E-state index in [9.17, 15) is 21.2 Å². The van der Waals surface area contributed by atoms with E-state index in [2.05, 4.69) is 4.72 Å². The SMILES string of the molecule is Cc1ccc(F)c(S(=O)(=O)Nc2ccc(S(=O)(=O)N3CCCCCC3)cc2)c1. The highest BCUT2D eigenvalue weighted by Gasteiger charge is 2.25. The molecule has 1 heterocycles. The second-order valence-corrected chi connectivity index (χ2v) is 10.5. The van der Waals surface area contributed by atoms with Crippen molar-refractivity contribution in [2.75, 3.05) is 17.8 Å². The van der Waals surface area contributed by atoms with Gasteiger partial charge in [-0.1, -0.05) is 18.9 Å². The zero-order valence-corrected chi connectivity index (χ0v) is 17.2. The molecule has 3 rings (SSSR count). The van der Waals surface area contributed by atoms with Gasteiger partial charge in [-0.25, -0.2) is 21.2 Å². The summed E-state index contributed by atoms with van der Waals surface area (Å²) in [5, 5.41) is 0. The Morgan fingerprint density at radius 1 is 0.893 bits per heavy atom. The lowest BCUT2D eigenvalue weighted by Crippen LogP contribution is -2.31. The molecule has 1 fully saturated rings. The van der Waals surface area contributed by atoms with Crippen molar-refractivity contribution in [2.45, 2.75) is 42.4 Å². The summed E-state index contributed by atoms with van der Waals surface area (Å²) in [5.41, 5.74) is 0.774. The summed E-state index contributed by atoms with van der Waals surface area (Å²) in [6, 6.07) is 9.30. The second kappa shape index (κ2) is 8.18. The molecule has 0 atom stereocenters. The van der Waals surface area contributed by atoms with Crippen molar-refractivity contribution in [2.24, 2.45) is 0 Å². The van der Waals surface area contributed by atoms with Crippen LogP contribution >= 0.6 is 0 Å². The van der Waals surface area contributed by atoms with Crippen LogP contribution in [0.25, 0.3) is 0 Å². The first-order valence-electron chi connectivity index (χ1n) is 9.09. The molecule has 1 saturated heterocycles. The second-order valence-electron chi connectivity index (χ2n) is 6.88. The van der Waals surface area contributed by atoms with Crippen molar-refractivity contribution in [1.82, 2.24) is 4.31 Å². The molecular formula is C19H23FN2O4S2. The van der Waals surface area contributed by atoms with E-state index >= 15 is 0 Å². The summed E-state index contributed by atoms with van der Waals surface area (Å²) in [5.74, 6) is -0.849. The van der Waals surface area contributed by atoms with E-state index in [1.807, 2.05) is 0 Å². The van der Waals surface area contributed by atoms with Gasteiger partial charge in [0, 0.05) is 18.8 Å². The van der Waals surface area contributed by atoms with Crippen LogP contribution in [-0.2, 0) is 20.0 Å².